The smallest absolute Gasteiger partial charge is 0.234 e. The third kappa shape index (κ3) is 5.80. The van der Waals surface area contributed by atoms with Gasteiger partial charge >= 0.3 is 0 Å². The van der Waals surface area contributed by atoms with Gasteiger partial charge in [0.1, 0.15) is 0 Å². The normalized spacial score (nSPS) is 22.9. The third-order valence-electron chi connectivity index (χ3n) is 4.52. The van der Waals surface area contributed by atoms with E-state index in [0.717, 1.165) is 25.9 Å². The minimum Gasteiger partial charge on any atom is -0.352 e. The van der Waals surface area contributed by atoms with E-state index in [1.54, 1.807) is 0 Å². The summed E-state index contributed by atoms with van der Waals surface area (Å²) >= 11 is 0. The van der Waals surface area contributed by atoms with Crippen LogP contribution in [0.15, 0.2) is 0 Å². The van der Waals surface area contributed by atoms with E-state index in [9.17, 15) is 4.79 Å². The van der Waals surface area contributed by atoms with Gasteiger partial charge in [-0.3, -0.25) is 4.79 Å². The molecule has 1 saturated heterocycles. The highest BCUT2D eigenvalue weighted by molar-refractivity contribution is 5.78. The van der Waals surface area contributed by atoms with Crippen LogP contribution in [-0.4, -0.2) is 49.6 Å². The monoisotopic (exact) mass is 281 g/mol. The van der Waals surface area contributed by atoms with Gasteiger partial charge < -0.3 is 15.5 Å². The second kappa shape index (κ2) is 8.63. The molecule has 4 nitrogen and oxygen atoms in total. The van der Waals surface area contributed by atoms with E-state index < -0.39 is 0 Å². The van der Waals surface area contributed by atoms with E-state index >= 15 is 0 Å². The largest absolute Gasteiger partial charge is 0.352 e. The first-order chi connectivity index (χ1) is 9.74. The molecule has 1 unspecified atom stereocenters. The van der Waals surface area contributed by atoms with Gasteiger partial charge in [-0.05, 0) is 51.2 Å². The lowest BCUT2D eigenvalue weighted by Gasteiger charge is -2.23. The van der Waals surface area contributed by atoms with Crippen molar-refractivity contribution >= 4 is 5.91 Å². The fourth-order valence-corrected chi connectivity index (χ4v) is 3.43. The molecule has 2 fully saturated rings. The van der Waals surface area contributed by atoms with Crippen molar-refractivity contribution in [1.82, 2.24) is 15.5 Å². The molecular weight excluding hydrogens is 250 g/mol. The molecule has 1 amide bonds. The fraction of sp³-hybridized carbons (Fsp3) is 0.938. The summed E-state index contributed by atoms with van der Waals surface area (Å²) in [5.41, 5.74) is 0. The number of amides is 1. The molecule has 116 valence electrons. The van der Waals surface area contributed by atoms with E-state index in [-0.39, 0.29) is 5.91 Å². The molecule has 1 atom stereocenters. The summed E-state index contributed by atoms with van der Waals surface area (Å²) in [4.78, 5) is 14.4. The Hall–Kier alpha value is -0.610. The van der Waals surface area contributed by atoms with Crippen LogP contribution in [0.3, 0.4) is 0 Å². The molecule has 1 saturated carbocycles. The summed E-state index contributed by atoms with van der Waals surface area (Å²) in [5, 5.41) is 6.46. The van der Waals surface area contributed by atoms with Crippen LogP contribution in [0.5, 0.6) is 0 Å². The van der Waals surface area contributed by atoms with Crippen LogP contribution < -0.4 is 10.6 Å². The molecule has 1 heterocycles. The number of nitrogens with one attached hydrogen (secondary N) is 2. The first-order valence-electron chi connectivity index (χ1n) is 8.46. The van der Waals surface area contributed by atoms with Crippen LogP contribution in [0.2, 0.25) is 0 Å². The second-order valence-corrected chi connectivity index (χ2v) is 6.65. The van der Waals surface area contributed by atoms with Gasteiger partial charge in [-0.1, -0.05) is 26.2 Å². The van der Waals surface area contributed by atoms with E-state index in [2.05, 4.69) is 22.5 Å². The van der Waals surface area contributed by atoms with Gasteiger partial charge in [0.25, 0.3) is 0 Å². The molecular formula is C16H31N3O. The summed E-state index contributed by atoms with van der Waals surface area (Å²) < 4.78 is 0. The van der Waals surface area contributed by atoms with Gasteiger partial charge in [0.15, 0.2) is 0 Å². The summed E-state index contributed by atoms with van der Waals surface area (Å²) in [7, 11) is 0. The Morgan fingerprint density at radius 3 is 2.55 bits per heavy atom. The maximum Gasteiger partial charge on any atom is 0.234 e. The zero-order valence-corrected chi connectivity index (χ0v) is 13.0. The Labute approximate surface area is 123 Å². The topological polar surface area (TPSA) is 44.4 Å². The number of hydrogen-bond donors (Lipinski definition) is 2. The van der Waals surface area contributed by atoms with Crippen molar-refractivity contribution in [1.29, 1.82) is 0 Å². The van der Waals surface area contributed by atoms with Crippen molar-refractivity contribution < 1.29 is 4.79 Å². The lowest BCUT2D eigenvalue weighted by Crippen LogP contribution is -2.42. The maximum atomic E-state index is 11.9. The lowest BCUT2D eigenvalue weighted by molar-refractivity contribution is -0.121. The molecule has 0 aromatic carbocycles. The Kier molecular flexibility index (Phi) is 6.80. The molecule has 4 heteroatoms. The Morgan fingerprint density at radius 1 is 1.15 bits per heavy atom. The maximum absolute atomic E-state index is 11.9. The van der Waals surface area contributed by atoms with Gasteiger partial charge in [0, 0.05) is 12.6 Å². The standard InChI is InChI=1S/C16H31N3O/c1-14(13-19-9-5-6-10-19)11-17-12-16(20)18-15-7-3-2-4-8-15/h14-15,17H,2-13H2,1H3,(H,18,20). The number of carbonyl (C=O) groups is 1. The van der Waals surface area contributed by atoms with Crippen molar-refractivity contribution in [3.8, 4) is 0 Å². The summed E-state index contributed by atoms with van der Waals surface area (Å²) in [6.45, 7) is 7.36. The number of hydrogen-bond acceptors (Lipinski definition) is 3. The molecule has 2 N–H and O–H groups in total. The number of nitrogens with zero attached hydrogens (tertiary/aromatic N) is 1. The zero-order valence-electron chi connectivity index (χ0n) is 13.0. The van der Waals surface area contributed by atoms with E-state index in [4.69, 9.17) is 0 Å². The van der Waals surface area contributed by atoms with E-state index in [1.165, 1.54) is 45.2 Å². The second-order valence-electron chi connectivity index (χ2n) is 6.65. The minimum absolute atomic E-state index is 0.172. The van der Waals surface area contributed by atoms with Crippen molar-refractivity contribution in [2.24, 2.45) is 5.92 Å². The zero-order chi connectivity index (χ0) is 14.2. The highest BCUT2D eigenvalue weighted by atomic mass is 16.1. The quantitative estimate of drug-likeness (QED) is 0.747. The predicted molar refractivity (Wildman–Crippen MR) is 82.7 cm³/mol. The summed E-state index contributed by atoms with van der Waals surface area (Å²) in [6, 6.07) is 0.431. The molecule has 2 rings (SSSR count). The van der Waals surface area contributed by atoms with Crippen molar-refractivity contribution in [3.63, 3.8) is 0 Å². The van der Waals surface area contributed by atoms with Crippen LogP contribution in [0, 0.1) is 5.92 Å². The molecule has 20 heavy (non-hydrogen) atoms. The molecule has 1 aliphatic carbocycles. The molecule has 0 bridgehead atoms. The third-order valence-corrected chi connectivity index (χ3v) is 4.52. The Bertz CT molecular complexity index is 283. The van der Waals surface area contributed by atoms with E-state index in [0.29, 0.717) is 18.5 Å². The highest BCUT2D eigenvalue weighted by Gasteiger charge is 2.16. The molecule has 2 aliphatic rings. The lowest BCUT2D eigenvalue weighted by atomic mass is 9.95. The Balaban J connectivity index is 1.51. The molecule has 0 aromatic rings. The number of likely N-dealkylation sites (tertiary alicyclic amines) is 1. The highest BCUT2D eigenvalue weighted by Crippen LogP contribution is 2.17. The van der Waals surface area contributed by atoms with Crippen molar-refractivity contribution in [2.45, 2.75) is 57.9 Å². The van der Waals surface area contributed by atoms with Gasteiger partial charge in [0.2, 0.25) is 5.91 Å². The van der Waals surface area contributed by atoms with Crippen LogP contribution >= 0.6 is 0 Å². The summed E-state index contributed by atoms with van der Waals surface area (Å²) in [6.07, 6.45) is 8.90. The van der Waals surface area contributed by atoms with Gasteiger partial charge in [-0.15, -0.1) is 0 Å². The van der Waals surface area contributed by atoms with Crippen LogP contribution in [0.1, 0.15) is 51.9 Å². The van der Waals surface area contributed by atoms with Gasteiger partial charge in [-0.2, -0.15) is 0 Å². The molecule has 0 radical (unpaired) electrons. The van der Waals surface area contributed by atoms with Crippen LogP contribution in [0.4, 0.5) is 0 Å². The van der Waals surface area contributed by atoms with Crippen molar-refractivity contribution in [2.75, 3.05) is 32.7 Å². The average molecular weight is 281 g/mol. The van der Waals surface area contributed by atoms with Crippen molar-refractivity contribution in [3.05, 3.63) is 0 Å². The van der Waals surface area contributed by atoms with Crippen LogP contribution in [-0.2, 0) is 4.79 Å². The summed E-state index contributed by atoms with van der Waals surface area (Å²) in [5.74, 6) is 0.792. The molecule has 0 spiro atoms. The first kappa shape index (κ1) is 15.8. The first-order valence-corrected chi connectivity index (χ1v) is 8.46. The Morgan fingerprint density at radius 2 is 1.85 bits per heavy atom. The fourth-order valence-electron chi connectivity index (χ4n) is 3.43. The average Bonchev–Trinajstić information content (AvgIpc) is 2.92. The molecule has 1 aliphatic heterocycles. The van der Waals surface area contributed by atoms with Gasteiger partial charge in [0.05, 0.1) is 6.54 Å². The van der Waals surface area contributed by atoms with E-state index in [1.807, 2.05) is 0 Å². The number of carbonyl (C=O) groups excluding carboxylic acids is 1. The SMILES string of the molecule is CC(CNCC(=O)NC1CCCCC1)CN1CCCC1. The number of rotatable bonds is 7. The predicted octanol–water partition coefficient (Wildman–Crippen LogP) is 1.76. The minimum atomic E-state index is 0.172. The molecule has 0 aromatic heterocycles. The van der Waals surface area contributed by atoms with Gasteiger partial charge in [-0.25, -0.2) is 0 Å². The van der Waals surface area contributed by atoms with Crippen LogP contribution in [0.25, 0.3) is 0 Å².